The Kier molecular flexibility index (Phi) is 3.98. The molecule has 0 radical (unpaired) electrons. The SMILES string of the molecule is Cc1cc(C)c(/C=N/NC(=O)c2cc3ccccc3o2)c(C)c1. The van der Waals surface area contributed by atoms with Gasteiger partial charge in [-0.15, -0.1) is 0 Å². The maximum Gasteiger partial charge on any atom is 0.307 e. The third-order valence-corrected chi connectivity index (χ3v) is 3.75. The number of furan rings is 1. The Morgan fingerprint density at radius 1 is 1.09 bits per heavy atom. The van der Waals surface area contributed by atoms with Crippen molar-refractivity contribution in [2.24, 2.45) is 5.10 Å². The van der Waals surface area contributed by atoms with E-state index < -0.39 is 0 Å². The third-order valence-electron chi connectivity index (χ3n) is 3.75. The third kappa shape index (κ3) is 3.16. The van der Waals surface area contributed by atoms with Crippen LogP contribution in [0, 0.1) is 20.8 Å². The summed E-state index contributed by atoms with van der Waals surface area (Å²) in [6.45, 7) is 6.12. The van der Waals surface area contributed by atoms with Gasteiger partial charge >= 0.3 is 5.91 Å². The molecule has 0 atom stereocenters. The molecule has 1 heterocycles. The fraction of sp³-hybridized carbons (Fsp3) is 0.158. The van der Waals surface area contributed by atoms with Gasteiger partial charge in [-0.3, -0.25) is 4.79 Å². The van der Waals surface area contributed by atoms with Crippen LogP contribution in [0.5, 0.6) is 0 Å². The normalized spacial score (nSPS) is 11.3. The Morgan fingerprint density at radius 2 is 1.78 bits per heavy atom. The van der Waals surface area contributed by atoms with Crippen molar-refractivity contribution >= 4 is 23.1 Å². The van der Waals surface area contributed by atoms with Crippen molar-refractivity contribution in [3.63, 3.8) is 0 Å². The van der Waals surface area contributed by atoms with Crippen LogP contribution < -0.4 is 5.43 Å². The lowest BCUT2D eigenvalue weighted by atomic mass is 10.0. The molecule has 4 nitrogen and oxygen atoms in total. The number of carbonyl (C=O) groups is 1. The minimum Gasteiger partial charge on any atom is -0.451 e. The van der Waals surface area contributed by atoms with E-state index in [0.717, 1.165) is 22.1 Å². The highest BCUT2D eigenvalue weighted by Gasteiger charge is 2.11. The molecular formula is C19H18N2O2. The molecule has 0 saturated carbocycles. The molecule has 0 bridgehead atoms. The van der Waals surface area contributed by atoms with Crippen molar-refractivity contribution in [3.05, 3.63) is 70.5 Å². The number of amides is 1. The molecular weight excluding hydrogens is 288 g/mol. The number of para-hydroxylation sites is 1. The van der Waals surface area contributed by atoms with Gasteiger partial charge in [-0.25, -0.2) is 5.43 Å². The number of nitrogens with one attached hydrogen (secondary N) is 1. The molecule has 1 N–H and O–H groups in total. The average Bonchev–Trinajstić information content (AvgIpc) is 2.93. The van der Waals surface area contributed by atoms with E-state index >= 15 is 0 Å². The van der Waals surface area contributed by atoms with Crippen molar-refractivity contribution in [1.82, 2.24) is 5.43 Å². The highest BCUT2D eigenvalue weighted by Crippen LogP contribution is 2.18. The van der Waals surface area contributed by atoms with Crippen molar-refractivity contribution in [2.75, 3.05) is 0 Å². The molecule has 0 fully saturated rings. The summed E-state index contributed by atoms with van der Waals surface area (Å²) < 4.78 is 5.51. The highest BCUT2D eigenvalue weighted by molar-refractivity contribution is 5.96. The van der Waals surface area contributed by atoms with Gasteiger partial charge in [0.1, 0.15) is 5.58 Å². The van der Waals surface area contributed by atoms with E-state index in [4.69, 9.17) is 4.42 Å². The zero-order valence-corrected chi connectivity index (χ0v) is 13.4. The van der Waals surface area contributed by atoms with Gasteiger partial charge < -0.3 is 4.42 Å². The predicted octanol–water partition coefficient (Wildman–Crippen LogP) is 4.12. The van der Waals surface area contributed by atoms with Gasteiger partial charge in [-0.2, -0.15) is 5.10 Å². The summed E-state index contributed by atoms with van der Waals surface area (Å²) in [7, 11) is 0. The van der Waals surface area contributed by atoms with Gasteiger partial charge in [-0.05, 0) is 44.0 Å². The van der Waals surface area contributed by atoms with E-state index in [9.17, 15) is 4.79 Å². The van der Waals surface area contributed by atoms with Crippen LogP contribution in [-0.2, 0) is 0 Å². The molecule has 0 aliphatic rings. The molecule has 116 valence electrons. The second kappa shape index (κ2) is 6.08. The minimum atomic E-state index is -0.361. The molecule has 0 saturated heterocycles. The Hall–Kier alpha value is -2.88. The molecule has 0 unspecified atom stereocenters. The predicted molar refractivity (Wildman–Crippen MR) is 91.9 cm³/mol. The molecule has 0 aliphatic carbocycles. The topological polar surface area (TPSA) is 54.6 Å². The molecule has 0 spiro atoms. The smallest absolute Gasteiger partial charge is 0.307 e. The van der Waals surface area contributed by atoms with Crippen LogP contribution in [0.2, 0.25) is 0 Å². The zero-order valence-electron chi connectivity index (χ0n) is 13.4. The van der Waals surface area contributed by atoms with Crippen molar-refractivity contribution < 1.29 is 9.21 Å². The quantitative estimate of drug-likeness (QED) is 0.584. The highest BCUT2D eigenvalue weighted by atomic mass is 16.3. The maximum absolute atomic E-state index is 12.1. The van der Waals surface area contributed by atoms with Crippen LogP contribution >= 0.6 is 0 Å². The monoisotopic (exact) mass is 306 g/mol. The fourth-order valence-corrected chi connectivity index (χ4v) is 2.70. The van der Waals surface area contributed by atoms with E-state index in [1.165, 1.54) is 5.56 Å². The molecule has 3 aromatic rings. The number of hydrazone groups is 1. The number of hydrogen-bond acceptors (Lipinski definition) is 3. The molecule has 1 aromatic heterocycles. The summed E-state index contributed by atoms with van der Waals surface area (Å²) in [5.41, 5.74) is 7.68. The van der Waals surface area contributed by atoms with Crippen LogP contribution in [0.15, 0.2) is 52.0 Å². The summed E-state index contributed by atoms with van der Waals surface area (Å²) in [5.74, 6) is -0.111. The lowest BCUT2D eigenvalue weighted by Gasteiger charge is -2.06. The molecule has 0 aliphatic heterocycles. The first kappa shape index (κ1) is 15.0. The van der Waals surface area contributed by atoms with Gasteiger partial charge in [0.05, 0.1) is 6.21 Å². The van der Waals surface area contributed by atoms with E-state index in [1.807, 2.05) is 38.1 Å². The lowest BCUT2D eigenvalue weighted by molar-refractivity contribution is 0.0929. The zero-order chi connectivity index (χ0) is 16.4. The van der Waals surface area contributed by atoms with Gasteiger partial charge in [0, 0.05) is 10.9 Å². The number of benzene rings is 2. The summed E-state index contributed by atoms with van der Waals surface area (Å²) in [6, 6.07) is 13.4. The van der Waals surface area contributed by atoms with E-state index in [2.05, 4.69) is 29.6 Å². The summed E-state index contributed by atoms with van der Waals surface area (Å²) in [6.07, 6.45) is 1.67. The first-order valence-corrected chi connectivity index (χ1v) is 7.44. The van der Waals surface area contributed by atoms with Crippen LogP contribution in [0.3, 0.4) is 0 Å². The Morgan fingerprint density at radius 3 is 2.48 bits per heavy atom. The van der Waals surface area contributed by atoms with Crippen molar-refractivity contribution in [2.45, 2.75) is 20.8 Å². The number of aryl methyl sites for hydroxylation is 3. The Bertz CT molecular complexity index is 851. The second-order valence-corrected chi connectivity index (χ2v) is 5.66. The van der Waals surface area contributed by atoms with Crippen molar-refractivity contribution in [3.8, 4) is 0 Å². The minimum absolute atomic E-state index is 0.251. The fourth-order valence-electron chi connectivity index (χ4n) is 2.70. The van der Waals surface area contributed by atoms with Crippen LogP contribution in [-0.4, -0.2) is 12.1 Å². The van der Waals surface area contributed by atoms with Gasteiger partial charge in [0.25, 0.3) is 0 Å². The van der Waals surface area contributed by atoms with Crippen molar-refractivity contribution in [1.29, 1.82) is 0 Å². The first-order chi connectivity index (χ1) is 11.0. The van der Waals surface area contributed by atoms with E-state index in [0.29, 0.717) is 5.58 Å². The number of nitrogens with zero attached hydrogens (tertiary/aromatic N) is 1. The second-order valence-electron chi connectivity index (χ2n) is 5.66. The van der Waals surface area contributed by atoms with Gasteiger partial charge in [-0.1, -0.05) is 35.9 Å². The van der Waals surface area contributed by atoms with Crippen LogP contribution in [0.4, 0.5) is 0 Å². The van der Waals surface area contributed by atoms with E-state index in [1.54, 1.807) is 12.3 Å². The molecule has 3 rings (SSSR count). The maximum atomic E-state index is 12.1. The lowest BCUT2D eigenvalue weighted by Crippen LogP contribution is -2.17. The Balaban J connectivity index is 1.76. The molecule has 2 aromatic carbocycles. The largest absolute Gasteiger partial charge is 0.451 e. The summed E-state index contributed by atoms with van der Waals surface area (Å²) in [4.78, 5) is 12.1. The molecule has 4 heteroatoms. The number of fused-ring (bicyclic) bond motifs is 1. The van der Waals surface area contributed by atoms with Gasteiger partial charge in [0.2, 0.25) is 0 Å². The first-order valence-electron chi connectivity index (χ1n) is 7.44. The average molecular weight is 306 g/mol. The van der Waals surface area contributed by atoms with E-state index in [-0.39, 0.29) is 11.7 Å². The summed E-state index contributed by atoms with van der Waals surface area (Å²) >= 11 is 0. The number of carbonyl (C=O) groups excluding carboxylic acids is 1. The van der Waals surface area contributed by atoms with Crippen LogP contribution in [0.1, 0.15) is 32.8 Å². The number of rotatable bonds is 3. The van der Waals surface area contributed by atoms with Crippen LogP contribution in [0.25, 0.3) is 11.0 Å². The molecule has 23 heavy (non-hydrogen) atoms. The molecule has 1 amide bonds. The van der Waals surface area contributed by atoms with Gasteiger partial charge in [0.15, 0.2) is 5.76 Å². The summed E-state index contributed by atoms with van der Waals surface area (Å²) in [5, 5.41) is 4.95. The standard InChI is InChI=1S/C19H18N2O2/c1-12-8-13(2)16(14(3)9-12)11-20-21-19(22)18-10-15-6-4-5-7-17(15)23-18/h4-11H,1-3H3,(H,21,22)/b20-11+. The Labute approximate surface area is 134 Å². The number of hydrogen-bond donors (Lipinski definition) is 1.